The van der Waals surface area contributed by atoms with Gasteiger partial charge in [-0.15, -0.1) is 0 Å². The SMILES string of the molecule is Cc1nc2c(c(-n3cc(C(F)(F)F)c(C(C)C)n3)n1)CCN2c1ccc(Cl)cc1Cl. The smallest absolute Gasteiger partial charge is 0.324 e. The second-order valence-electron chi connectivity index (χ2n) is 7.42. The largest absolute Gasteiger partial charge is 0.419 e. The number of hydrogen-bond acceptors (Lipinski definition) is 4. The summed E-state index contributed by atoms with van der Waals surface area (Å²) in [4.78, 5) is 10.9. The molecular weight excluding hydrogens is 438 g/mol. The van der Waals surface area contributed by atoms with Crippen molar-refractivity contribution in [1.82, 2.24) is 19.7 Å². The molecular formula is C20H18Cl2F3N5. The standard InChI is InChI=1S/C20H18Cl2F3N5/c1-10(2)17-14(20(23,24)25)9-30(28-17)19-13-6-7-29(18(13)26-11(3)27-19)16-5-4-12(21)8-15(16)22/h4-5,8-10H,6-7H2,1-3H3. The fourth-order valence-electron chi connectivity index (χ4n) is 3.61. The number of rotatable bonds is 3. The van der Waals surface area contributed by atoms with Gasteiger partial charge in [-0.1, -0.05) is 37.0 Å². The highest BCUT2D eigenvalue weighted by atomic mass is 35.5. The van der Waals surface area contributed by atoms with Crippen molar-refractivity contribution in [2.45, 2.75) is 39.3 Å². The highest BCUT2D eigenvalue weighted by Gasteiger charge is 2.38. The van der Waals surface area contributed by atoms with Gasteiger partial charge in [0, 0.05) is 23.3 Å². The van der Waals surface area contributed by atoms with Crippen molar-refractivity contribution in [3.8, 4) is 5.82 Å². The lowest BCUT2D eigenvalue weighted by molar-refractivity contribution is -0.138. The summed E-state index contributed by atoms with van der Waals surface area (Å²) in [5.74, 6) is 0.999. The Kier molecular flexibility index (Phi) is 5.18. The molecule has 3 heterocycles. The Morgan fingerprint density at radius 2 is 1.80 bits per heavy atom. The molecule has 2 aromatic heterocycles. The summed E-state index contributed by atoms with van der Waals surface area (Å²) in [6.45, 7) is 5.62. The Labute approximate surface area is 181 Å². The molecule has 10 heteroatoms. The van der Waals surface area contributed by atoms with Crippen LogP contribution in [0.4, 0.5) is 24.7 Å². The van der Waals surface area contributed by atoms with Crippen LogP contribution in [0.5, 0.6) is 0 Å². The first-order valence-corrected chi connectivity index (χ1v) is 10.1. The lowest BCUT2D eigenvalue weighted by atomic mass is 10.1. The minimum absolute atomic E-state index is 0.0110. The summed E-state index contributed by atoms with van der Waals surface area (Å²) >= 11 is 12.4. The zero-order valence-corrected chi connectivity index (χ0v) is 17.9. The average Bonchev–Trinajstić information content (AvgIpc) is 3.25. The van der Waals surface area contributed by atoms with Crippen LogP contribution in [0.2, 0.25) is 10.0 Å². The zero-order chi connectivity index (χ0) is 21.8. The van der Waals surface area contributed by atoms with Crippen LogP contribution < -0.4 is 4.90 Å². The number of benzene rings is 1. The number of alkyl halides is 3. The monoisotopic (exact) mass is 455 g/mol. The Hall–Kier alpha value is -2.32. The fourth-order valence-corrected chi connectivity index (χ4v) is 4.12. The van der Waals surface area contributed by atoms with E-state index in [0.29, 0.717) is 40.5 Å². The third-order valence-electron chi connectivity index (χ3n) is 4.93. The van der Waals surface area contributed by atoms with Crippen LogP contribution >= 0.6 is 23.2 Å². The lowest BCUT2D eigenvalue weighted by Gasteiger charge is -2.20. The molecule has 158 valence electrons. The molecule has 5 nitrogen and oxygen atoms in total. The lowest BCUT2D eigenvalue weighted by Crippen LogP contribution is -2.15. The van der Waals surface area contributed by atoms with Crippen LogP contribution in [-0.4, -0.2) is 26.3 Å². The molecule has 0 atom stereocenters. The molecule has 0 spiro atoms. The second-order valence-corrected chi connectivity index (χ2v) is 8.26. The maximum absolute atomic E-state index is 13.5. The third kappa shape index (κ3) is 3.63. The van der Waals surface area contributed by atoms with Crippen molar-refractivity contribution in [2.75, 3.05) is 11.4 Å². The molecule has 0 saturated carbocycles. The summed E-state index contributed by atoms with van der Waals surface area (Å²) in [7, 11) is 0. The maximum atomic E-state index is 13.5. The quantitative estimate of drug-likeness (QED) is 0.477. The van der Waals surface area contributed by atoms with E-state index < -0.39 is 11.7 Å². The highest BCUT2D eigenvalue weighted by molar-refractivity contribution is 6.36. The number of aryl methyl sites for hydroxylation is 1. The van der Waals surface area contributed by atoms with E-state index >= 15 is 0 Å². The number of fused-ring (bicyclic) bond motifs is 1. The first kappa shape index (κ1) is 20.9. The summed E-state index contributed by atoms with van der Waals surface area (Å²) in [5.41, 5.74) is 0.683. The van der Waals surface area contributed by atoms with E-state index in [1.165, 1.54) is 4.68 Å². The summed E-state index contributed by atoms with van der Waals surface area (Å²) in [6.07, 6.45) is -2.94. The third-order valence-corrected chi connectivity index (χ3v) is 5.47. The minimum Gasteiger partial charge on any atom is -0.324 e. The molecule has 0 unspecified atom stereocenters. The van der Waals surface area contributed by atoms with Gasteiger partial charge in [-0.3, -0.25) is 0 Å². The van der Waals surface area contributed by atoms with Crippen LogP contribution in [-0.2, 0) is 12.6 Å². The van der Waals surface area contributed by atoms with Gasteiger partial charge in [-0.2, -0.15) is 18.3 Å². The molecule has 1 aromatic carbocycles. The van der Waals surface area contributed by atoms with Gasteiger partial charge >= 0.3 is 6.18 Å². The normalized spacial score (nSPS) is 14.0. The highest BCUT2D eigenvalue weighted by Crippen LogP contribution is 2.40. The van der Waals surface area contributed by atoms with E-state index in [1.54, 1.807) is 39.0 Å². The Balaban J connectivity index is 1.86. The molecule has 0 aliphatic carbocycles. The van der Waals surface area contributed by atoms with Gasteiger partial charge in [-0.25, -0.2) is 14.6 Å². The van der Waals surface area contributed by atoms with Crippen LogP contribution in [0.3, 0.4) is 0 Å². The van der Waals surface area contributed by atoms with E-state index in [2.05, 4.69) is 15.1 Å². The average molecular weight is 456 g/mol. The van der Waals surface area contributed by atoms with Gasteiger partial charge in [0.05, 0.1) is 22.0 Å². The predicted molar refractivity (Wildman–Crippen MR) is 110 cm³/mol. The number of anilines is 2. The van der Waals surface area contributed by atoms with Gasteiger partial charge in [-0.05, 0) is 37.5 Å². The van der Waals surface area contributed by atoms with Crippen molar-refractivity contribution >= 4 is 34.7 Å². The Morgan fingerprint density at radius 1 is 1.10 bits per heavy atom. The summed E-state index contributed by atoms with van der Waals surface area (Å²) < 4.78 is 41.8. The molecule has 0 N–H and O–H groups in total. The molecule has 0 amide bonds. The molecule has 0 bridgehead atoms. The van der Waals surface area contributed by atoms with Crippen molar-refractivity contribution in [2.24, 2.45) is 0 Å². The number of halogens is 5. The van der Waals surface area contributed by atoms with Gasteiger partial charge < -0.3 is 4.90 Å². The van der Waals surface area contributed by atoms with Crippen LogP contribution in [0.15, 0.2) is 24.4 Å². The zero-order valence-electron chi connectivity index (χ0n) is 16.4. The summed E-state index contributed by atoms with van der Waals surface area (Å²) in [5, 5.41) is 5.22. The molecule has 4 rings (SSSR count). The van der Waals surface area contributed by atoms with E-state index in [1.807, 2.05) is 4.90 Å². The van der Waals surface area contributed by atoms with Gasteiger partial charge in [0.25, 0.3) is 0 Å². The van der Waals surface area contributed by atoms with E-state index in [0.717, 1.165) is 17.4 Å². The molecule has 3 aromatic rings. The van der Waals surface area contributed by atoms with Gasteiger partial charge in [0.2, 0.25) is 0 Å². The van der Waals surface area contributed by atoms with Crippen LogP contribution in [0.1, 0.15) is 42.4 Å². The topological polar surface area (TPSA) is 46.8 Å². The minimum atomic E-state index is -4.49. The molecule has 0 fully saturated rings. The van der Waals surface area contributed by atoms with E-state index in [9.17, 15) is 13.2 Å². The van der Waals surface area contributed by atoms with Crippen LogP contribution in [0.25, 0.3) is 5.82 Å². The van der Waals surface area contributed by atoms with Gasteiger partial charge in [0.1, 0.15) is 11.6 Å². The number of hydrogen-bond donors (Lipinski definition) is 0. The fraction of sp³-hybridized carbons (Fsp3) is 0.350. The molecule has 1 aliphatic rings. The Bertz CT molecular complexity index is 1120. The molecule has 0 radical (unpaired) electrons. The van der Waals surface area contributed by atoms with Crippen molar-refractivity contribution in [3.05, 3.63) is 57.1 Å². The van der Waals surface area contributed by atoms with Crippen molar-refractivity contribution in [3.63, 3.8) is 0 Å². The first-order valence-electron chi connectivity index (χ1n) is 9.33. The Morgan fingerprint density at radius 3 is 2.40 bits per heavy atom. The number of nitrogens with zero attached hydrogens (tertiary/aromatic N) is 5. The second kappa shape index (κ2) is 7.42. The molecule has 1 aliphatic heterocycles. The molecule has 0 saturated heterocycles. The predicted octanol–water partition coefficient (Wildman–Crippen LogP) is 6.11. The van der Waals surface area contributed by atoms with E-state index in [-0.39, 0.29) is 11.6 Å². The van der Waals surface area contributed by atoms with Crippen LogP contribution in [0, 0.1) is 6.92 Å². The number of aromatic nitrogens is 4. The first-order chi connectivity index (χ1) is 14.1. The van der Waals surface area contributed by atoms with Crippen molar-refractivity contribution in [1.29, 1.82) is 0 Å². The molecule has 30 heavy (non-hydrogen) atoms. The maximum Gasteiger partial charge on any atom is 0.419 e. The van der Waals surface area contributed by atoms with Crippen molar-refractivity contribution < 1.29 is 13.2 Å². The summed E-state index contributed by atoms with van der Waals surface area (Å²) in [6, 6.07) is 5.17. The van der Waals surface area contributed by atoms with Gasteiger partial charge in [0.15, 0.2) is 5.82 Å². The van der Waals surface area contributed by atoms with E-state index in [4.69, 9.17) is 23.2 Å².